The van der Waals surface area contributed by atoms with Crippen LogP contribution in [0.4, 0.5) is 13.2 Å². The second kappa shape index (κ2) is 4.96. The van der Waals surface area contributed by atoms with Gasteiger partial charge in [-0.3, -0.25) is 0 Å². The van der Waals surface area contributed by atoms with Crippen LogP contribution in [-0.2, 0) is 15.6 Å². The maximum Gasteiger partial charge on any atom is 0.314 e. The van der Waals surface area contributed by atoms with E-state index in [1.165, 1.54) is 12.1 Å². The highest BCUT2D eigenvalue weighted by molar-refractivity contribution is 7.90. The van der Waals surface area contributed by atoms with Crippen LogP contribution in [0.2, 0.25) is 0 Å². The van der Waals surface area contributed by atoms with Crippen LogP contribution in [0.5, 0.6) is 0 Å². The van der Waals surface area contributed by atoms with Crippen LogP contribution in [0, 0.1) is 18.0 Å². The lowest BCUT2D eigenvalue weighted by Crippen LogP contribution is -2.13. The highest BCUT2D eigenvalue weighted by Crippen LogP contribution is 2.20. The van der Waals surface area contributed by atoms with Crippen LogP contribution >= 0.6 is 0 Å². The molecule has 0 aliphatic heterocycles. The predicted octanol–water partition coefficient (Wildman–Crippen LogP) is 1.87. The molecule has 2 rings (SSSR count). The molecule has 4 nitrogen and oxygen atoms in total. The van der Waals surface area contributed by atoms with E-state index in [1.807, 2.05) is 0 Å². The maximum absolute atomic E-state index is 13.3. The van der Waals surface area contributed by atoms with Gasteiger partial charge in [0.1, 0.15) is 0 Å². The quantitative estimate of drug-likeness (QED) is 0.639. The Balaban J connectivity index is 2.46. The van der Waals surface area contributed by atoms with Crippen LogP contribution in [-0.4, -0.2) is 18.4 Å². The van der Waals surface area contributed by atoms with Gasteiger partial charge in [0.2, 0.25) is 11.9 Å². The van der Waals surface area contributed by atoms with Crippen molar-refractivity contribution in [2.45, 2.75) is 10.6 Å². The molecular formula is C11H7F3N2O2S. The van der Waals surface area contributed by atoms with Gasteiger partial charge in [-0.05, 0) is 5.56 Å². The van der Waals surface area contributed by atoms with E-state index in [9.17, 15) is 21.6 Å². The fraction of sp³-hybridized carbons (Fsp3) is 0.0909. The summed E-state index contributed by atoms with van der Waals surface area (Å²) in [7, 11) is -4.33. The average Bonchev–Trinajstić information content (AvgIpc) is 2.27. The van der Waals surface area contributed by atoms with E-state index < -0.39 is 38.5 Å². The van der Waals surface area contributed by atoms with Crippen molar-refractivity contribution in [3.63, 3.8) is 0 Å². The van der Waals surface area contributed by atoms with Crippen molar-refractivity contribution in [2.75, 3.05) is 0 Å². The lowest BCUT2D eigenvalue weighted by atomic mass is 10.2. The van der Waals surface area contributed by atoms with E-state index in [2.05, 4.69) is 9.97 Å². The number of benzene rings is 1. The van der Waals surface area contributed by atoms with Crippen molar-refractivity contribution in [3.05, 3.63) is 53.9 Å². The zero-order chi connectivity index (χ0) is 14.0. The molecule has 0 aliphatic rings. The molecule has 0 radical (unpaired) electrons. The molecule has 1 aromatic heterocycles. The molecule has 0 saturated carbocycles. The third-order valence-corrected chi connectivity index (χ3v) is 3.94. The molecule has 0 unspecified atom stereocenters. The SMILES string of the molecule is O=S(=O)(Cc1ccccc1)c1c(F)nc(F)nc1F. The molecule has 0 saturated heterocycles. The van der Waals surface area contributed by atoms with Crippen molar-refractivity contribution in [1.29, 1.82) is 0 Å². The third-order valence-electron chi connectivity index (χ3n) is 2.27. The zero-order valence-electron chi connectivity index (χ0n) is 9.35. The molecular weight excluding hydrogens is 281 g/mol. The molecule has 100 valence electrons. The topological polar surface area (TPSA) is 59.9 Å². The van der Waals surface area contributed by atoms with Gasteiger partial charge in [0.25, 0.3) is 0 Å². The Hall–Kier alpha value is -1.96. The van der Waals surface area contributed by atoms with Gasteiger partial charge in [0.15, 0.2) is 14.7 Å². The largest absolute Gasteiger partial charge is 0.314 e. The predicted molar refractivity (Wildman–Crippen MR) is 59.2 cm³/mol. The molecule has 2 aromatic rings. The standard InChI is InChI=1S/C11H7F3N2O2S/c12-9-8(10(13)16-11(14)15-9)19(17,18)6-7-4-2-1-3-5-7/h1-5H,6H2. The van der Waals surface area contributed by atoms with Gasteiger partial charge in [-0.25, -0.2) is 8.42 Å². The average molecular weight is 288 g/mol. The first-order valence-electron chi connectivity index (χ1n) is 5.05. The van der Waals surface area contributed by atoms with Crippen LogP contribution in [0.25, 0.3) is 0 Å². The molecule has 0 aliphatic carbocycles. The molecule has 8 heteroatoms. The highest BCUT2D eigenvalue weighted by Gasteiger charge is 2.27. The lowest BCUT2D eigenvalue weighted by molar-refractivity contribution is 0.406. The fourth-order valence-corrected chi connectivity index (χ4v) is 2.88. The van der Waals surface area contributed by atoms with Crippen LogP contribution in [0.3, 0.4) is 0 Å². The summed E-state index contributed by atoms with van der Waals surface area (Å²) in [4.78, 5) is 3.84. The summed E-state index contributed by atoms with van der Waals surface area (Å²) in [6.45, 7) is 0. The van der Waals surface area contributed by atoms with Gasteiger partial charge in [-0.1, -0.05) is 30.3 Å². The third kappa shape index (κ3) is 2.90. The second-order valence-corrected chi connectivity index (χ2v) is 5.57. The van der Waals surface area contributed by atoms with E-state index in [-0.39, 0.29) is 0 Å². The monoisotopic (exact) mass is 288 g/mol. The summed E-state index contributed by atoms with van der Waals surface area (Å²) in [6, 6.07) is 7.80. The van der Waals surface area contributed by atoms with Gasteiger partial charge >= 0.3 is 6.08 Å². The summed E-state index contributed by atoms with van der Waals surface area (Å²) >= 11 is 0. The van der Waals surface area contributed by atoms with E-state index >= 15 is 0 Å². The smallest absolute Gasteiger partial charge is 0.223 e. The van der Waals surface area contributed by atoms with Gasteiger partial charge < -0.3 is 0 Å². The van der Waals surface area contributed by atoms with Gasteiger partial charge in [-0.2, -0.15) is 23.1 Å². The molecule has 0 amide bonds. The van der Waals surface area contributed by atoms with Crippen molar-refractivity contribution >= 4 is 9.84 Å². The first-order valence-corrected chi connectivity index (χ1v) is 6.70. The van der Waals surface area contributed by atoms with Gasteiger partial charge in [0.05, 0.1) is 5.75 Å². The number of rotatable bonds is 3. The molecule has 0 fully saturated rings. The van der Waals surface area contributed by atoms with E-state index in [4.69, 9.17) is 0 Å². The summed E-state index contributed by atoms with van der Waals surface area (Å²) in [5.74, 6) is -4.10. The Bertz CT molecular complexity index is 682. The van der Waals surface area contributed by atoms with Crippen molar-refractivity contribution < 1.29 is 21.6 Å². The van der Waals surface area contributed by atoms with Gasteiger partial charge in [-0.15, -0.1) is 0 Å². The Kier molecular flexibility index (Phi) is 3.52. The van der Waals surface area contributed by atoms with Crippen molar-refractivity contribution in [2.24, 2.45) is 0 Å². The minimum atomic E-state index is -4.33. The Morgan fingerprint density at radius 3 is 2.00 bits per heavy atom. The van der Waals surface area contributed by atoms with Crippen LogP contribution < -0.4 is 0 Å². The number of hydrogen-bond acceptors (Lipinski definition) is 4. The molecule has 0 bridgehead atoms. The Morgan fingerprint density at radius 1 is 0.947 bits per heavy atom. The van der Waals surface area contributed by atoms with Crippen LogP contribution in [0.15, 0.2) is 35.2 Å². The Morgan fingerprint density at radius 2 is 1.47 bits per heavy atom. The van der Waals surface area contributed by atoms with Gasteiger partial charge in [0, 0.05) is 0 Å². The van der Waals surface area contributed by atoms with Crippen molar-refractivity contribution in [3.8, 4) is 0 Å². The van der Waals surface area contributed by atoms with E-state index in [0.717, 1.165) is 0 Å². The summed E-state index contributed by atoms with van der Waals surface area (Å²) < 4.78 is 62.9. The molecule has 0 atom stereocenters. The highest BCUT2D eigenvalue weighted by atomic mass is 32.2. The summed E-state index contributed by atoms with van der Waals surface area (Å²) in [6.07, 6.45) is -1.66. The second-order valence-electron chi connectivity index (χ2n) is 3.65. The number of hydrogen-bond donors (Lipinski definition) is 0. The summed E-state index contributed by atoms with van der Waals surface area (Å²) in [5, 5.41) is 0. The molecule has 0 N–H and O–H groups in total. The molecule has 19 heavy (non-hydrogen) atoms. The number of sulfone groups is 1. The van der Waals surface area contributed by atoms with Crippen molar-refractivity contribution in [1.82, 2.24) is 9.97 Å². The first kappa shape index (κ1) is 13.5. The summed E-state index contributed by atoms with van der Waals surface area (Å²) in [5.41, 5.74) is 0.339. The molecule has 1 aromatic carbocycles. The molecule has 0 spiro atoms. The minimum absolute atomic E-state index is 0.339. The maximum atomic E-state index is 13.3. The minimum Gasteiger partial charge on any atom is -0.223 e. The van der Waals surface area contributed by atoms with E-state index in [0.29, 0.717) is 5.56 Å². The number of nitrogens with zero attached hydrogens (tertiary/aromatic N) is 2. The van der Waals surface area contributed by atoms with Crippen LogP contribution in [0.1, 0.15) is 5.56 Å². The first-order chi connectivity index (χ1) is 8.90. The number of aromatic nitrogens is 2. The normalized spacial score (nSPS) is 11.5. The molecule has 1 heterocycles. The fourth-order valence-electron chi connectivity index (χ4n) is 1.50. The zero-order valence-corrected chi connectivity index (χ0v) is 10.2. The van der Waals surface area contributed by atoms with E-state index in [1.54, 1.807) is 18.2 Å². The lowest BCUT2D eigenvalue weighted by Gasteiger charge is -2.05. The number of halogens is 3. The Labute approximate surface area is 106 Å².